The molecule has 8 heteroatoms. The van der Waals surface area contributed by atoms with Crippen molar-refractivity contribution in [3.8, 4) is 11.1 Å². The van der Waals surface area contributed by atoms with E-state index in [2.05, 4.69) is 20.7 Å². The van der Waals surface area contributed by atoms with E-state index < -0.39 is 0 Å². The highest BCUT2D eigenvalue weighted by atomic mass is 35.5. The minimum absolute atomic E-state index is 0.0513. The van der Waals surface area contributed by atoms with Gasteiger partial charge in [0.1, 0.15) is 5.82 Å². The zero-order valence-electron chi connectivity index (χ0n) is 16.6. The van der Waals surface area contributed by atoms with Gasteiger partial charge in [-0.1, -0.05) is 18.0 Å². The molecule has 2 N–H and O–H groups in total. The van der Waals surface area contributed by atoms with Crippen molar-refractivity contribution < 1.29 is 9.59 Å². The highest BCUT2D eigenvalue weighted by Gasteiger charge is 2.28. The number of carbonyl (C=O) groups is 2. The molecule has 0 bridgehead atoms. The molecule has 2 atom stereocenters. The van der Waals surface area contributed by atoms with E-state index in [1.54, 1.807) is 6.20 Å². The Morgan fingerprint density at radius 2 is 2.03 bits per heavy atom. The SMILES string of the molecule is CC(=O)NC1CCCC(C(=O)Nc2cc(-c3cnn4c3CCCC4)c(Cl)cn2)C1. The molecule has 2 aliphatic rings. The van der Waals surface area contributed by atoms with Gasteiger partial charge in [-0.25, -0.2) is 4.98 Å². The summed E-state index contributed by atoms with van der Waals surface area (Å²) in [6.07, 6.45) is 10.0. The van der Waals surface area contributed by atoms with Crippen LogP contribution in [-0.4, -0.2) is 32.6 Å². The lowest BCUT2D eigenvalue weighted by molar-refractivity contribution is -0.123. The molecular formula is C21H26ClN5O2. The summed E-state index contributed by atoms with van der Waals surface area (Å²) < 4.78 is 2.04. The van der Waals surface area contributed by atoms with Crippen LogP contribution in [-0.2, 0) is 22.6 Å². The number of halogens is 1. The third kappa shape index (κ3) is 4.45. The van der Waals surface area contributed by atoms with Gasteiger partial charge in [-0.3, -0.25) is 14.3 Å². The summed E-state index contributed by atoms with van der Waals surface area (Å²) in [6.45, 7) is 2.44. The lowest BCUT2D eigenvalue weighted by Crippen LogP contribution is -2.40. The molecule has 2 amide bonds. The van der Waals surface area contributed by atoms with Crippen molar-refractivity contribution in [3.05, 3.63) is 29.2 Å². The molecule has 1 saturated carbocycles. The number of hydrogen-bond donors (Lipinski definition) is 2. The largest absolute Gasteiger partial charge is 0.354 e. The van der Waals surface area contributed by atoms with Crippen molar-refractivity contribution in [1.82, 2.24) is 20.1 Å². The zero-order valence-corrected chi connectivity index (χ0v) is 17.3. The number of hydrogen-bond acceptors (Lipinski definition) is 4. The van der Waals surface area contributed by atoms with E-state index >= 15 is 0 Å². The number of aryl methyl sites for hydroxylation is 1. The molecule has 2 aromatic rings. The number of aromatic nitrogens is 3. The Bertz CT molecular complexity index is 926. The molecule has 0 spiro atoms. The number of pyridine rings is 1. The second-order valence-corrected chi connectivity index (χ2v) is 8.39. The van der Waals surface area contributed by atoms with Crippen LogP contribution >= 0.6 is 11.6 Å². The van der Waals surface area contributed by atoms with Crippen LogP contribution in [0.5, 0.6) is 0 Å². The highest BCUT2D eigenvalue weighted by molar-refractivity contribution is 6.33. The maximum atomic E-state index is 12.8. The van der Waals surface area contributed by atoms with E-state index in [9.17, 15) is 9.59 Å². The molecule has 29 heavy (non-hydrogen) atoms. The van der Waals surface area contributed by atoms with Crippen LogP contribution in [0.3, 0.4) is 0 Å². The van der Waals surface area contributed by atoms with Crippen molar-refractivity contribution >= 4 is 29.2 Å². The first-order chi connectivity index (χ1) is 14.0. The van der Waals surface area contributed by atoms with Gasteiger partial charge in [0, 0.05) is 48.4 Å². The summed E-state index contributed by atoms with van der Waals surface area (Å²) >= 11 is 6.43. The summed E-state index contributed by atoms with van der Waals surface area (Å²) in [5.41, 5.74) is 3.04. The number of fused-ring (bicyclic) bond motifs is 1. The molecule has 2 aromatic heterocycles. The van der Waals surface area contributed by atoms with Crippen molar-refractivity contribution in [3.63, 3.8) is 0 Å². The van der Waals surface area contributed by atoms with Gasteiger partial charge in [-0.15, -0.1) is 0 Å². The third-order valence-electron chi connectivity index (χ3n) is 5.83. The molecule has 0 aromatic carbocycles. The molecule has 7 nitrogen and oxygen atoms in total. The average Bonchev–Trinajstić information content (AvgIpc) is 3.13. The number of carbonyl (C=O) groups excluding carboxylic acids is 2. The molecule has 1 aliphatic heterocycles. The monoisotopic (exact) mass is 415 g/mol. The number of nitrogens with zero attached hydrogens (tertiary/aromatic N) is 3. The molecule has 4 rings (SSSR count). The van der Waals surface area contributed by atoms with Gasteiger partial charge in [0.05, 0.1) is 11.2 Å². The Hall–Kier alpha value is -2.41. The zero-order chi connectivity index (χ0) is 20.4. The number of nitrogens with one attached hydrogen (secondary N) is 2. The Kier molecular flexibility index (Phi) is 5.85. The predicted molar refractivity (Wildman–Crippen MR) is 112 cm³/mol. The lowest BCUT2D eigenvalue weighted by Gasteiger charge is -2.28. The van der Waals surface area contributed by atoms with Crippen LogP contribution in [0.1, 0.15) is 51.1 Å². The molecule has 2 unspecified atom stereocenters. The van der Waals surface area contributed by atoms with E-state index in [4.69, 9.17) is 11.6 Å². The van der Waals surface area contributed by atoms with Gasteiger partial charge in [0.2, 0.25) is 11.8 Å². The second kappa shape index (κ2) is 8.53. The summed E-state index contributed by atoms with van der Waals surface area (Å²) in [4.78, 5) is 28.4. The van der Waals surface area contributed by atoms with Crippen LogP contribution in [0.15, 0.2) is 18.5 Å². The predicted octanol–water partition coefficient (Wildman–Crippen LogP) is 3.57. The molecule has 1 fully saturated rings. The van der Waals surface area contributed by atoms with E-state index in [0.29, 0.717) is 17.3 Å². The van der Waals surface area contributed by atoms with Gasteiger partial charge in [0.15, 0.2) is 0 Å². The smallest absolute Gasteiger partial charge is 0.228 e. The summed E-state index contributed by atoms with van der Waals surface area (Å²) in [7, 11) is 0. The Labute approximate surface area is 175 Å². The molecule has 154 valence electrons. The quantitative estimate of drug-likeness (QED) is 0.798. The normalized spacial score (nSPS) is 21.3. The maximum Gasteiger partial charge on any atom is 0.228 e. The Balaban J connectivity index is 1.50. The van der Waals surface area contributed by atoms with Crippen molar-refractivity contribution in [2.75, 3.05) is 5.32 Å². The Morgan fingerprint density at radius 1 is 1.17 bits per heavy atom. The van der Waals surface area contributed by atoms with E-state index in [1.807, 2.05) is 16.9 Å². The van der Waals surface area contributed by atoms with Crippen LogP contribution in [0.4, 0.5) is 5.82 Å². The van der Waals surface area contributed by atoms with Gasteiger partial charge < -0.3 is 10.6 Å². The first-order valence-corrected chi connectivity index (χ1v) is 10.7. The van der Waals surface area contributed by atoms with Gasteiger partial charge >= 0.3 is 0 Å². The fourth-order valence-corrected chi connectivity index (χ4v) is 4.64. The fourth-order valence-electron chi connectivity index (χ4n) is 4.43. The highest BCUT2D eigenvalue weighted by Crippen LogP contribution is 2.34. The molecular weight excluding hydrogens is 390 g/mol. The van der Waals surface area contributed by atoms with Crippen molar-refractivity contribution in [2.24, 2.45) is 5.92 Å². The molecule has 3 heterocycles. The first-order valence-electron chi connectivity index (χ1n) is 10.3. The van der Waals surface area contributed by atoms with E-state index in [0.717, 1.165) is 56.2 Å². The van der Waals surface area contributed by atoms with Crippen LogP contribution in [0.2, 0.25) is 5.02 Å². The van der Waals surface area contributed by atoms with Gasteiger partial charge in [-0.2, -0.15) is 5.10 Å². The molecule has 0 radical (unpaired) electrons. The number of anilines is 1. The fraction of sp³-hybridized carbons (Fsp3) is 0.524. The molecule has 0 saturated heterocycles. The Morgan fingerprint density at radius 3 is 2.86 bits per heavy atom. The summed E-state index contributed by atoms with van der Waals surface area (Å²) in [5, 5.41) is 10.9. The van der Waals surface area contributed by atoms with E-state index in [1.165, 1.54) is 12.6 Å². The topological polar surface area (TPSA) is 88.9 Å². The number of amides is 2. The minimum Gasteiger partial charge on any atom is -0.354 e. The number of rotatable bonds is 4. The summed E-state index contributed by atoms with van der Waals surface area (Å²) in [5.74, 6) is 0.250. The summed E-state index contributed by atoms with van der Waals surface area (Å²) in [6, 6.07) is 1.89. The lowest BCUT2D eigenvalue weighted by atomic mass is 9.85. The minimum atomic E-state index is -0.134. The maximum absolute atomic E-state index is 12.8. The van der Waals surface area contributed by atoms with Gasteiger partial charge in [-0.05, 0) is 44.6 Å². The van der Waals surface area contributed by atoms with Crippen LogP contribution in [0, 0.1) is 5.92 Å². The van der Waals surface area contributed by atoms with E-state index in [-0.39, 0.29) is 23.8 Å². The first kappa shape index (κ1) is 19.9. The second-order valence-electron chi connectivity index (χ2n) is 7.98. The van der Waals surface area contributed by atoms with Gasteiger partial charge in [0.25, 0.3) is 0 Å². The third-order valence-corrected chi connectivity index (χ3v) is 6.13. The van der Waals surface area contributed by atoms with Crippen molar-refractivity contribution in [1.29, 1.82) is 0 Å². The average molecular weight is 416 g/mol. The standard InChI is InChI=1S/C21H26ClN5O2/c1-13(28)25-15-6-4-5-14(9-15)21(29)26-20-10-16(18(22)12-23-20)17-11-24-27-8-3-2-7-19(17)27/h10-12,14-15H,2-9H2,1H3,(H,25,28)(H,23,26,29). The molecule has 1 aliphatic carbocycles. The van der Waals surface area contributed by atoms with Crippen molar-refractivity contribution in [2.45, 2.75) is 64.5 Å². The van der Waals surface area contributed by atoms with Crippen LogP contribution < -0.4 is 10.6 Å². The van der Waals surface area contributed by atoms with Crippen LogP contribution in [0.25, 0.3) is 11.1 Å².